The zero-order valence-electron chi connectivity index (χ0n) is 9.66. The van der Waals surface area contributed by atoms with E-state index in [9.17, 15) is 4.79 Å². The van der Waals surface area contributed by atoms with Gasteiger partial charge in [-0.1, -0.05) is 18.2 Å². The van der Waals surface area contributed by atoms with Crippen LogP contribution in [0.3, 0.4) is 0 Å². The van der Waals surface area contributed by atoms with Crippen molar-refractivity contribution in [2.75, 3.05) is 11.4 Å². The van der Waals surface area contributed by atoms with Crippen molar-refractivity contribution >= 4 is 11.6 Å². The number of hydrogen-bond acceptors (Lipinski definition) is 1. The Balaban J connectivity index is 2.39. The van der Waals surface area contributed by atoms with Gasteiger partial charge in [-0.05, 0) is 25.0 Å². The van der Waals surface area contributed by atoms with Crippen LogP contribution >= 0.6 is 0 Å². The van der Waals surface area contributed by atoms with Crippen LogP contribution in [0.1, 0.15) is 17.5 Å². The second kappa shape index (κ2) is 4.02. The molecule has 82 valence electrons. The van der Waals surface area contributed by atoms with Crippen LogP contribution in [0, 0.1) is 32.1 Å². The SMILES string of the molecule is C#CC1CC(=O)N(c2c(C)cccc2C)C1. The van der Waals surface area contributed by atoms with Gasteiger partial charge in [0.1, 0.15) is 0 Å². The van der Waals surface area contributed by atoms with Gasteiger partial charge in [0.05, 0.1) is 0 Å². The van der Waals surface area contributed by atoms with E-state index in [0.29, 0.717) is 13.0 Å². The van der Waals surface area contributed by atoms with Crippen LogP contribution in [0.5, 0.6) is 0 Å². The number of hydrogen-bond donors (Lipinski definition) is 0. The highest BCUT2D eigenvalue weighted by Gasteiger charge is 2.30. The van der Waals surface area contributed by atoms with E-state index in [0.717, 1.165) is 16.8 Å². The predicted molar refractivity (Wildman–Crippen MR) is 65.2 cm³/mol. The predicted octanol–water partition coefficient (Wildman–Crippen LogP) is 2.29. The summed E-state index contributed by atoms with van der Waals surface area (Å²) in [4.78, 5) is 13.7. The van der Waals surface area contributed by atoms with Gasteiger partial charge in [-0.3, -0.25) is 4.79 Å². The van der Waals surface area contributed by atoms with Crippen LogP contribution in [0.15, 0.2) is 18.2 Å². The largest absolute Gasteiger partial charge is 0.311 e. The van der Waals surface area contributed by atoms with Crippen LogP contribution in [0.2, 0.25) is 0 Å². The lowest BCUT2D eigenvalue weighted by atomic mass is 10.1. The quantitative estimate of drug-likeness (QED) is 0.655. The van der Waals surface area contributed by atoms with E-state index >= 15 is 0 Å². The van der Waals surface area contributed by atoms with E-state index in [-0.39, 0.29) is 11.8 Å². The van der Waals surface area contributed by atoms with E-state index in [2.05, 4.69) is 5.92 Å². The molecule has 1 saturated heterocycles. The summed E-state index contributed by atoms with van der Waals surface area (Å²) in [6.45, 7) is 4.71. The molecule has 2 heteroatoms. The molecular formula is C14H15NO. The van der Waals surface area contributed by atoms with Crippen LogP contribution in [0.25, 0.3) is 0 Å². The summed E-state index contributed by atoms with van der Waals surface area (Å²) in [5, 5.41) is 0. The Labute approximate surface area is 96.3 Å². The Hall–Kier alpha value is -1.75. The number of anilines is 1. The first-order chi connectivity index (χ1) is 7.63. The fourth-order valence-electron chi connectivity index (χ4n) is 2.27. The lowest BCUT2D eigenvalue weighted by Gasteiger charge is -2.20. The highest BCUT2D eigenvalue weighted by molar-refractivity contribution is 5.97. The number of carbonyl (C=O) groups excluding carboxylic acids is 1. The first kappa shape index (κ1) is 10.8. The Morgan fingerprint density at radius 2 is 2.00 bits per heavy atom. The molecule has 2 nitrogen and oxygen atoms in total. The molecule has 1 unspecified atom stereocenters. The second-order valence-electron chi connectivity index (χ2n) is 4.31. The zero-order chi connectivity index (χ0) is 11.7. The summed E-state index contributed by atoms with van der Waals surface area (Å²) in [5.41, 5.74) is 3.29. The average Bonchev–Trinajstić information content (AvgIpc) is 2.60. The van der Waals surface area contributed by atoms with E-state index in [1.54, 1.807) is 0 Å². The summed E-state index contributed by atoms with van der Waals surface area (Å²) < 4.78 is 0. The van der Waals surface area contributed by atoms with Gasteiger partial charge >= 0.3 is 0 Å². The fourth-order valence-corrected chi connectivity index (χ4v) is 2.27. The molecule has 0 aliphatic carbocycles. The molecule has 1 aliphatic rings. The van der Waals surface area contributed by atoms with Gasteiger partial charge < -0.3 is 4.90 Å². The summed E-state index contributed by atoms with van der Waals surface area (Å²) in [5.74, 6) is 2.87. The molecule has 0 spiro atoms. The number of para-hydroxylation sites is 1. The third kappa shape index (κ3) is 1.69. The number of terminal acetylenes is 1. The third-order valence-corrected chi connectivity index (χ3v) is 3.07. The zero-order valence-corrected chi connectivity index (χ0v) is 9.66. The monoisotopic (exact) mass is 213 g/mol. The molecular weight excluding hydrogens is 198 g/mol. The minimum absolute atomic E-state index is 0.0616. The molecule has 1 heterocycles. The molecule has 1 amide bonds. The van der Waals surface area contributed by atoms with E-state index < -0.39 is 0 Å². The highest BCUT2D eigenvalue weighted by atomic mass is 16.2. The molecule has 1 aromatic rings. The minimum atomic E-state index is 0.0616. The van der Waals surface area contributed by atoms with E-state index in [4.69, 9.17) is 6.42 Å². The number of benzene rings is 1. The minimum Gasteiger partial charge on any atom is -0.311 e. The van der Waals surface area contributed by atoms with Gasteiger partial charge in [0.15, 0.2) is 0 Å². The highest BCUT2D eigenvalue weighted by Crippen LogP contribution is 2.30. The van der Waals surface area contributed by atoms with Gasteiger partial charge in [0.25, 0.3) is 0 Å². The van der Waals surface area contributed by atoms with Crippen molar-refractivity contribution in [3.63, 3.8) is 0 Å². The lowest BCUT2D eigenvalue weighted by molar-refractivity contribution is -0.117. The summed E-state index contributed by atoms with van der Waals surface area (Å²) in [6, 6.07) is 6.06. The molecule has 0 saturated carbocycles. The average molecular weight is 213 g/mol. The normalized spacial score (nSPS) is 19.9. The lowest BCUT2D eigenvalue weighted by Crippen LogP contribution is -2.26. The van der Waals surface area contributed by atoms with Crippen LogP contribution in [0.4, 0.5) is 5.69 Å². The first-order valence-corrected chi connectivity index (χ1v) is 5.46. The Kier molecular flexibility index (Phi) is 2.70. The number of carbonyl (C=O) groups is 1. The van der Waals surface area contributed by atoms with E-state index in [1.165, 1.54) is 0 Å². The number of nitrogens with zero attached hydrogens (tertiary/aromatic N) is 1. The first-order valence-electron chi connectivity index (χ1n) is 5.46. The molecule has 0 aromatic heterocycles. The summed E-state index contributed by atoms with van der Waals surface area (Å²) in [7, 11) is 0. The molecule has 16 heavy (non-hydrogen) atoms. The van der Waals surface area contributed by atoms with Crippen molar-refractivity contribution in [3.05, 3.63) is 29.3 Å². The van der Waals surface area contributed by atoms with Gasteiger partial charge in [0.2, 0.25) is 5.91 Å². The van der Waals surface area contributed by atoms with E-state index in [1.807, 2.05) is 36.9 Å². The van der Waals surface area contributed by atoms with Crippen molar-refractivity contribution < 1.29 is 4.79 Å². The van der Waals surface area contributed by atoms with Crippen molar-refractivity contribution in [2.24, 2.45) is 5.92 Å². The molecule has 2 rings (SSSR count). The molecule has 1 fully saturated rings. The Bertz CT molecular complexity index is 450. The third-order valence-electron chi connectivity index (χ3n) is 3.07. The summed E-state index contributed by atoms with van der Waals surface area (Å²) >= 11 is 0. The number of aryl methyl sites for hydroxylation is 2. The van der Waals surface area contributed by atoms with Crippen LogP contribution < -0.4 is 4.90 Å². The fraction of sp³-hybridized carbons (Fsp3) is 0.357. The summed E-state index contributed by atoms with van der Waals surface area (Å²) in [6.07, 6.45) is 5.86. The van der Waals surface area contributed by atoms with Crippen molar-refractivity contribution in [1.82, 2.24) is 0 Å². The van der Waals surface area contributed by atoms with Crippen LogP contribution in [-0.4, -0.2) is 12.5 Å². The number of rotatable bonds is 1. The van der Waals surface area contributed by atoms with Gasteiger partial charge in [-0.2, -0.15) is 0 Å². The molecule has 0 N–H and O–H groups in total. The van der Waals surface area contributed by atoms with Crippen molar-refractivity contribution in [2.45, 2.75) is 20.3 Å². The maximum absolute atomic E-state index is 11.9. The van der Waals surface area contributed by atoms with Gasteiger partial charge in [0, 0.05) is 24.6 Å². The maximum Gasteiger partial charge on any atom is 0.228 e. The van der Waals surface area contributed by atoms with Crippen molar-refractivity contribution in [3.8, 4) is 12.3 Å². The number of amides is 1. The topological polar surface area (TPSA) is 20.3 Å². The molecule has 0 radical (unpaired) electrons. The van der Waals surface area contributed by atoms with Crippen molar-refractivity contribution in [1.29, 1.82) is 0 Å². The maximum atomic E-state index is 11.9. The van der Waals surface area contributed by atoms with Gasteiger partial charge in [-0.25, -0.2) is 0 Å². The molecule has 1 aliphatic heterocycles. The molecule has 0 bridgehead atoms. The smallest absolute Gasteiger partial charge is 0.228 e. The molecule has 1 atom stereocenters. The van der Waals surface area contributed by atoms with Gasteiger partial charge in [-0.15, -0.1) is 12.3 Å². The Morgan fingerprint density at radius 1 is 1.38 bits per heavy atom. The van der Waals surface area contributed by atoms with Crippen LogP contribution in [-0.2, 0) is 4.79 Å². The second-order valence-corrected chi connectivity index (χ2v) is 4.31. The Morgan fingerprint density at radius 3 is 2.50 bits per heavy atom. The molecule has 1 aromatic carbocycles. The standard InChI is InChI=1S/C14H15NO/c1-4-12-8-13(16)15(9-12)14-10(2)6-5-7-11(14)3/h1,5-7,12H,8-9H2,2-3H3.